The quantitative estimate of drug-likeness (QED) is 0.190. The van der Waals surface area contributed by atoms with E-state index in [0.29, 0.717) is 5.82 Å². The molecule has 5 nitrogen and oxygen atoms in total. The van der Waals surface area contributed by atoms with Crippen LogP contribution in [0.25, 0.3) is 105 Å². The standard InChI is InChI=1S/C46H27N3O2/c1-3-12-28(13-4-1)37-27-38(48-46(47-37)29-14-5-2-6-15-29)33-18-11-21-43-45(33)36-24-30(22-23-42(36)50-43)49-39-19-9-7-16-31(39)34-26-44-35(25-40(34)49)32-17-8-10-20-41(32)51-44/h1-27H. The highest BCUT2D eigenvalue weighted by Crippen LogP contribution is 2.41. The molecule has 0 saturated carbocycles. The van der Waals surface area contributed by atoms with Gasteiger partial charge in [-0.3, -0.25) is 0 Å². The summed E-state index contributed by atoms with van der Waals surface area (Å²) in [6.07, 6.45) is 0. The third kappa shape index (κ3) is 4.28. The van der Waals surface area contributed by atoms with Gasteiger partial charge in [-0.1, -0.05) is 109 Å². The molecule has 0 atom stereocenters. The number of benzene rings is 7. The lowest BCUT2D eigenvalue weighted by atomic mass is 10.0. The van der Waals surface area contributed by atoms with Crippen LogP contribution in [-0.2, 0) is 0 Å². The molecule has 0 bridgehead atoms. The van der Waals surface area contributed by atoms with Gasteiger partial charge in [-0.2, -0.15) is 0 Å². The molecule has 0 aliphatic rings. The molecule has 238 valence electrons. The molecular formula is C46H27N3O2. The fraction of sp³-hybridized carbons (Fsp3) is 0. The van der Waals surface area contributed by atoms with Gasteiger partial charge in [0.25, 0.3) is 0 Å². The van der Waals surface area contributed by atoms with E-state index in [1.807, 2.05) is 60.7 Å². The Balaban J connectivity index is 1.17. The van der Waals surface area contributed by atoms with Crippen molar-refractivity contribution in [3.63, 3.8) is 0 Å². The molecule has 0 aliphatic carbocycles. The van der Waals surface area contributed by atoms with E-state index in [1.165, 1.54) is 5.39 Å². The minimum atomic E-state index is 0.681. The Morgan fingerprint density at radius 3 is 1.94 bits per heavy atom. The predicted molar refractivity (Wildman–Crippen MR) is 207 cm³/mol. The normalized spacial score (nSPS) is 11.9. The Kier molecular flexibility index (Phi) is 5.89. The lowest BCUT2D eigenvalue weighted by Gasteiger charge is -2.11. The van der Waals surface area contributed by atoms with Gasteiger partial charge in [0.15, 0.2) is 5.82 Å². The topological polar surface area (TPSA) is 57.0 Å². The monoisotopic (exact) mass is 653 g/mol. The maximum atomic E-state index is 6.52. The summed E-state index contributed by atoms with van der Waals surface area (Å²) in [5.74, 6) is 0.681. The SMILES string of the molecule is c1ccc(-c2cc(-c3cccc4oc5ccc(-n6c7ccccc7c7cc8oc9ccccc9c8cc76)cc5c34)nc(-c3ccccc3)n2)cc1. The second-order valence-corrected chi connectivity index (χ2v) is 13.0. The zero-order valence-corrected chi connectivity index (χ0v) is 27.2. The molecule has 0 fully saturated rings. The van der Waals surface area contributed by atoms with Crippen molar-refractivity contribution in [1.82, 2.24) is 14.5 Å². The van der Waals surface area contributed by atoms with Crippen molar-refractivity contribution in [1.29, 1.82) is 0 Å². The first-order valence-electron chi connectivity index (χ1n) is 17.1. The molecule has 11 rings (SSSR count). The second-order valence-electron chi connectivity index (χ2n) is 13.0. The van der Waals surface area contributed by atoms with E-state index in [-0.39, 0.29) is 0 Å². The molecule has 5 heteroatoms. The van der Waals surface area contributed by atoms with Gasteiger partial charge in [0.05, 0.1) is 22.4 Å². The van der Waals surface area contributed by atoms with Crippen LogP contribution in [0.5, 0.6) is 0 Å². The summed E-state index contributed by atoms with van der Waals surface area (Å²) >= 11 is 0. The molecule has 4 heterocycles. The maximum absolute atomic E-state index is 6.52. The van der Waals surface area contributed by atoms with Gasteiger partial charge in [0, 0.05) is 54.7 Å². The summed E-state index contributed by atoms with van der Waals surface area (Å²) in [4.78, 5) is 10.2. The largest absolute Gasteiger partial charge is 0.456 e. The van der Waals surface area contributed by atoms with Gasteiger partial charge in [0.1, 0.15) is 22.3 Å². The molecule has 0 radical (unpaired) electrons. The third-order valence-corrected chi connectivity index (χ3v) is 10.0. The van der Waals surface area contributed by atoms with Gasteiger partial charge in [-0.25, -0.2) is 9.97 Å². The fourth-order valence-electron chi connectivity index (χ4n) is 7.69. The lowest BCUT2D eigenvalue weighted by molar-refractivity contribution is 0.669. The van der Waals surface area contributed by atoms with Gasteiger partial charge in [-0.15, -0.1) is 0 Å². The molecule has 0 aliphatic heterocycles. The number of aromatic nitrogens is 3. The van der Waals surface area contributed by atoms with E-state index < -0.39 is 0 Å². The maximum Gasteiger partial charge on any atom is 0.160 e. The van der Waals surface area contributed by atoms with Crippen molar-refractivity contribution in [3.05, 3.63) is 164 Å². The predicted octanol–water partition coefficient (Wildman–Crippen LogP) is 12.4. The van der Waals surface area contributed by atoms with E-state index >= 15 is 0 Å². The molecule has 7 aromatic carbocycles. The highest BCUT2D eigenvalue weighted by molar-refractivity contribution is 6.18. The number of hydrogen-bond donors (Lipinski definition) is 0. The fourth-order valence-corrected chi connectivity index (χ4v) is 7.69. The molecule has 51 heavy (non-hydrogen) atoms. The Bertz CT molecular complexity index is 3080. The molecule has 0 saturated heterocycles. The molecule has 4 aromatic heterocycles. The highest BCUT2D eigenvalue weighted by Gasteiger charge is 2.20. The van der Waals surface area contributed by atoms with Crippen molar-refractivity contribution < 1.29 is 8.83 Å². The molecule has 0 N–H and O–H groups in total. The Morgan fingerprint density at radius 1 is 0.392 bits per heavy atom. The summed E-state index contributed by atoms with van der Waals surface area (Å²) in [5, 5.41) is 6.59. The van der Waals surface area contributed by atoms with Crippen molar-refractivity contribution >= 4 is 65.7 Å². The van der Waals surface area contributed by atoms with Gasteiger partial charge in [0.2, 0.25) is 0 Å². The van der Waals surface area contributed by atoms with Crippen LogP contribution in [0, 0.1) is 0 Å². The second kappa shape index (κ2) is 10.8. The van der Waals surface area contributed by atoms with Crippen LogP contribution in [0.15, 0.2) is 173 Å². The molecule has 0 unspecified atom stereocenters. The van der Waals surface area contributed by atoms with E-state index in [4.69, 9.17) is 18.8 Å². The van der Waals surface area contributed by atoms with Crippen molar-refractivity contribution in [2.24, 2.45) is 0 Å². The number of fused-ring (bicyclic) bond motifs is 9. The first-order chi connectivity index (χ1) is 25.3. The Labute approximate surface area is 291 Å². The van der Waals surface area contributed by atoms with Crippen LogP contribution in [0.2, 0.25) is 0 Å². The van der Waals surface area contributed by atoms with Crippen molar-refractivity contribution in [2.75, 3.05) is 0 Å². The first kappa shape index (κ1) is 27.9. The lowest BCUT2D eigenvalue weighted by Crippen LogP contribution is -1.96. The zero-order chi connectivity index (χ0) is 33.5. The van der Waals surface area contributed by atoms with Crippen LogP contribution in [-0.4, -0.2) is 14.5 Å². The van der Waals surface area contributed by atoms with Crippen LogP contribution >= 0.6 is 0 Å². The van der Waals surface area contributed by atoms with Crippen LogP contribution < -0.4 is 0 Å². The van der Waals surface area contributed by atoms with Gasteiger partial charge >= 0.3 is 0 Å². The van der Waals surface area contributed by atoms with Crippen molar-refractivity contribution in [2.45, 2.75) is 0 Å². The average molecular weight is 654 g/mol. The minimum absolute atomic E-state index is 0.681. The van der Waals surface area contributed by atoms with E-state index in [0.717, 1.165) is 94.1 Å². The van der Waals surface area contributed by atoms with Crippen LogP contribution in [0.3, 0.4) is 0 Å². The van der Waals surface area contributed by atoms with E-state index in [9.17, 15) is 0 Å². The highest BCUT2D eigenvalue weighted by atomic mass is 16.3. The third-order valence-electron chi connectivity index (χ3n) is 10.0. The number of furan rings is 2. The van der Waals surface area contributed by atoms with Gasteiger partial charge in [-0.05, 0) is 54.6 Å². The van der Waals surface area contributed by atoms with E-state index in [2.05, 4.69) is 108 Å². The zero-order valence-electron chi connectivity index (χ0n) is 27.2. The summed E-state index contributed by atoms with van der Waals surface area (Å²) in [6, 6.07) is 56.6. The summed E-state index contributed by atoms with van der Waals surface area (Å²) < 4.78 is 15.2. The molecule has 0 amide bonds. The first-order valence-corrected chi connectivity index (χ1v) is 17.1. The molecule has 0 spiro atoms. The Hall–Kier alpha value is -6.98. The average Bonchev–Trinajstić information content (AvgIpc) is 3.86. The van der Waals surface area contributed by atoms with Gasteiger partial charge < -0.3 is 13.4 Å². The summed E-state index contributed by atoms with van der Waals surface area (Å²) in [6.45, 7) is 0. The molecule has 11 aromatic rings. The smallest absolute Gasteiger partial charge is 0.160 e. The number of nitrogens with zero attached hydrogens (tertiary/aromatic N) is 3. The minimum Gasteiger partial charge on any atom is -0.456 e. The summed E-state index contributed by atoms with van der Waals surface area (Å²) in [5.41, 5.74) is 11.4. The number of hydrogen-bond acceptors (Lipinski definition) is 4. The number of rotatable bonds is 4. The molecular weight excluding hydrogens is 627 g/mol. The number of para-hydroxylation sites is 2. The van der Waals surface area contributed by atoms with E-state index in [1.54, 1.807) is 0 Å². The van der Waals surface area contributed by atoms with Crippen molar-refractivity contribution in [3.8, 4) is 39.6 Å². The van der Waals surface area contributed by atoms with Crippen LogP contribution in [0.1, 0.15) is 0 Å². The van der Waals surface area contributed by atoms with Crippen LogP contribution in [0.4, 0.5) is 0 Å². The summed E-state index contributed by atoms with van der Waals surface area (Å²) in [7, 11) is 0. The Morgan fingerprint density at radius 2 is 1.08 bits per heavy atom.